The van der Waals surface area contributed by atoms with Crippen LogP contribution in [0.3, 0.4) is 0 Å². The highest BCUT2D eigenvalue weighted by atomic mass is 19.1. The van der Waals surface area contributed by atoms with Crippen molar-refractivity contribution in [1.29, 1.82) is 0 Å². The maximum atomic E-state index is 14.2. The molecule has 0 aliphatic carbocycles. The van der Waals surface area contributed by atoms with Crippen molar-refractivity contribution in [1.82, 2.24) is 24.7 Å². The van der Waals surface area contributed by atoms with E-state index in [9.17, 15) is 4.39 Å². The molecule has 0 aliphatic heterocycles. The molecule has 0 radical (unpaired) electrons. The Bertz CT molecular complexity index is 1790. The predicted octanol–water partition coefficient (Wildman–Crippen LogP) is 7.16. The molecule has 6 aromatic rings. The normalized spacial score (nSPS) is 11.7. The van der Waals surface area contributed by atoms with Crippen molar-refractivity contribution in [2.45, 2.75) is 32.7 Å². The first kappa shape index (κ1) is 24.5. The van der Waals surface area contributed by atoms with Crippen molar-refractivity contribution in [3.8, 4) is 5.69 Å². The summed E-state index contributed by atoms with van der Waals surface area (Å²) >= 11 is 0. The monoisotopic (exact) mass is 517 g/mol. The van der Waals surface area contributed by atoms with Gasteiger partial charge >= 0.3 is 0 Å². The molecule has 7 nitrogen and oxygen atoms in total. The lowest BCUT2D eigenvalue weighted by atomic mass is 9.92. The van der Waals surface area contributed by atoms with Gasteiger partial charge in [-0.25, -0.2) is 19.0 Å². The van der Waals surface area contributed by atoms with Crippen molar-refractivity contribution in [3.63, 3.8) is 0 Å². The van der Waals surface area contributed by atoms with Gasteiger partial charge in [0.1, 0.15) is 11.6 Å². The van der Waals surface area contributed by atoms with Crippen molar-refractivity contribution in [2.75, 3.05) is 10.6 Å². The Balaban J connectivity index is 1.48. The fourth-order valence-corrected chi connectivity index (χ4v) is 4.40. The molecule has 8 heteroatoms. The summed E-state index contributed by atoms with van der Waals surface area (Å²) < 4.78 is 15.9. The van der Waals surface area contributed by atoms with Crippen LogP contribution in [0.25, 0.3) is 27.5 Å². The van der Waals surface area contributed by atoms with Crippen LogP contribution in [0.5, 0.6) is 0 Å². The Morgan fingerprint density at radius 3 is 2.23 bits per heavy atom. The number of aromatic nitrogens is 5. The number of pyridine rings is 1. The number of hydrogen-bond acceptors (Lipinski definition) is 6. The largest absolute Gasteiger partial charge is 0.363 e. The Kier molecular flexibility index (Phi) is 6.15. The summed E-state index contributed by atoms with van der Waals surface area (Å²) in [5.74, 6) is 1.46. The van der Waals surface area contributed by atoms with E-state index < -0.39 is 0 Å². The van der Waals surface area contributed by atoms with Gasteiger partial charge in [-0.3, -0.25) is 4.98 Å². The highest BCUT2D eigenvalue weighted by Gasteiger charge is 2.22. The Morgan fingerprint density at radius 2 is 1.56 bits per heavy atom. The zero-order valence-corrected chi connectivity index (χ0v) is 22.0. The van der Waals surface area contributed by atoms with Crippen molar-refractivity contribution in [2.24, 2.45) is 0 Å². The maximum Gasteiger partial charge on any atom is 0.175 e. The molecular weight excluding hydrogens is 489 g/mol. The molecule has 0 saturated carbocycles. The number of benzene rings is 3. The van der Waals surface area contributed by atoms with E-state index in [-0.39, 0.29) is 11.2 Å². The third-order valence-electron chi connectivity index (χ3n) is 6.49. The zero-order valence-electron chi connectivity index (χ0n) is 22.0. The second kappa shape index (κ2) is 9.79. The quantitative estimate of drug-likeness (QED) is 0.228. The summed E-state index contributed by atoms with van der Waals surface area (Å²) in [5, 5.41) is 13.9. The topological polar surface area (TPSA) is 80.5 Å². The second-order valence-electron chi connectivity index (χ2n) is 10.5. The van der Waals surface area contributed by atoms with Gasteiger partial charge in [0, 0.05) is 30.4 Å². The summed E-state index contributed by atoms with van der Waals surface area (Å²) in [6, 6.07) is 24.5. The zero-order chi connectivity index (χ0) is 27.0. The summed E-state index contributed by atoms with van der Waals surface area (Å²) in [6.07, 6.45) is 3.56. The van der Waals surface area contributed by atoms with Crippen LogP contribution in [-0.2, 0) is 12.0 Å². The Labute approximate surface area is 225 Å². The number of anilines is 3. The lowest BCUT2D eigenvalue weighted by molar-refractivity contribution is 0.560. The molecule has 0 fully saturated rings. The van der Waals surface area contributed by atoms with Crippen LogP contribution in [0.1, 0.15) is 32.0 Å². The molecule has 2 N–H and O–H groups in total. The molecule has 39 heavy (non-hydrogen) atoms. The van der Waals surface area contributed by atoms with Gasteiger partial charge < -0.3 is 10.6 Å². The number of fused-ring (bicyclic) bond motifs is 2. The van der Waals surface area contributed by atoms with Gasteiger partial charge in [0.15, 0.2) is 11.6 Å². The van der Waals surface area contributed by atoms with Gasteiger partial charge in [-0.1, -0.05) is 57.2 Å². The van der Waals surface area contributed by atoms with Crippen molar-refractivity contribution in [3.05, 3.63) is 108 Å². The van der Waals surface area contributed by atoms with Gasteiger partial charge in [-0.2, -0.15) is 5.10 Å². The molecular formula is C31H28FN7. The SMILES string of the molecule is CC(C)(C)c1cc(Nc2nc3cc4ccccc4cc3nc2NCc2cccnc2)n(-c2cccc(F)c2)n1. The number of rotatable bonds is 6. The first-order valence-electron chi connectivity index (χ1n) is 12.8. The number of nitrogens with one attached hydrogen (secondary N) is 2. The molecule has 0 atom stereocenters. The number of halogens is 1. The van der Waals surface area contributed by atoms with Crippen LogP contribution >= 0.6 is 0 Å². The van der Waals surface area contributed by atoms with Gasteiger partial charge in [-0.05, 0) is 52.7 Å². The first-order chi connectivity index (χ1) is 18.8. The van der Waals surface area contributed by atoms with Crippen LogP contribution in [0.2, 0.25) is 0 Å². The molecule has 0 unspecified atom stereocenters. The Hall–Kier alpha value is -4.85. The predicted molar refractivity (Wildman–Crippen MR) is 154 cm³/mol. The van der Waals surface area contributed by atoms with E-state index in [0.29, 0.717) is 29.7 Å². The van der Waals surface area contributed by atoms with Crippen molar-refractivity contribution >= 4 is 39.3 Å². The van der Waals surface area contributed by atoms with E-state index in [2.05, 4.69) is 48.5 Å². The van der Waals surface area contributed by atoms with Crippen LogP contribution in [-0.4, -0.2) is 24.7 Å². The fraction of sp³-hybridized carbons (Fsp3) is 0.161. The average Bonchev–Trinajstić information content (AvgIpc) is 3.36. The smallest absolute Gasteiger partial charge is 0.175 e. The van der Waals surface area contributed by atoms with E-state index in [1.54, 1.807) is 16.9 Å². The molecule has 3 aromatic heterocycles. The molecule has 6 rings (SSSR count). The fourth-order valence-electron chi connectivity index (χ4n) is 4.40. The Morgan fingerprint density at radius 1 is 0.821 bits per heavy atom. The van der Waals surface area contributed by atoms with Crippen molar-refractivity contribution < 1.29 is 4.39 Å². The molecule has 0 aliphatic rings. The summed E-state index contributed by atoms with van der Waals surface area (Å²) in [7, 11) is 0. The summed E-state index contributed by atoms with van der Waals surface area (Å²) in [5.41, 5.74) is 3.81. The van der Waals surface area contributed by atoms with E-state index >= 15 is 0 Å². The minimum atomic E-state index is -0.331. The molecule has 3 heterocycles. The molecule has 194 valence electrons. The average molecular weight is 518 g/mol. The van der Waals surface area contributed by atoms with E-state index in [1.807, 2.05) is 54.7 Å². The van der Waals surface area contributed by atoms with E-state index in [4.69, 9.17) is 15.1 Å². The molecule has 0 bridgehead atoms. The maximum absolute atomic E-state index is 14.2. The van der Waals surface area contributed by atoms with Crippen LogP contribution in [0.4, 0.5) is 21.8 Å². The third-order valence-corrected chi connectivity index (χ3v) is 6.49. The second-order valence-corrected chi connectivity index (χ2v) is 10.5. The third kappa shape index (κ3) is 5.13. The van der Waals surface area contributed by atoms with E-state index in [1.165, 1.54) is 12.1 Å². The minimum absolute atomic E-state index is 0.218. The standard InChI is InChI=1S/C31H28FN7/c1-31(2,3)27-17-28(39(38-27)24-12-6-11-23(32)16-24)37-30-29(34-19-20-8-7-13-33-18-20)35-25-14-21-9-4-5-10-22(21)15-26(25)36-30/h4-18H,19H2,1-3H3,(H,34,35)(H,36,37). The van der Waals surface area contributed by atoms with Gasteiger partial charge in [0.05, 0.1) is 22.4 Å². The van der Waals surface area contributed by atoms with Gasteiger partial charge in [0.2, 0.25) is 0 Å². The molecule has 0 spiro atoms. The van der Waals surface area contributed by atoms with Gasteiger partial charge in [-0.15, -0.1) is 0 Å². The highest BCUT2D eigenvalue weighted by Crippen LogP contribution is 2.32. The van der Waals surface area contributed by atoms with Crippen LogP contribution < -0.4 is 10.6 Å². The molecule has 0 saturated heterocycles. The number of hydrogen-bond donors (Lipinski definition) is 2. The van der Waals surface area contributed by atoms with Crippen LogP contribution in [0.15, 0.2) is 91.3 Å². The van der Waals surface area contributed by atoms with Gasteiger partial charge in [0.25, 0.3) is 0 Å². The minimum Gasteiger partial charge on any atom is -0.363 e. The summed E-state index contributed by atoms with van der Waals surface area (Å²) in [4.78, 5) is 14.2. The lowest BCUT2D eigenvalue weighted by Crippen LogP contribution is -2.12. The lowest BCUT2D eigenvalue weighted by Gasteiger charge is -2.15. The molecule has 3 aromatic carbocycles. The highest BCUT2D eigenvalue weighted by molar-refractivity contribution is 5.96. The number of nitrogens with zero attached hydrogens (tertiary/aromatic N) is 5. The first-order valence-corrected chi connectivity index (χ1v) is 12.8. The summed E-state index contributed by atoms with van der Waals surface area (Å²) in [6.45, 7) is 6.80. The van der Waals surface area contributed by atoms with E-state index in [0.717, 1.165) is 33.1 Å². The molecule has 0 amide bonds. The van der Waals surface area contributed by atoms with Crippen LogP contribution in [0, 0.1) is 5.82 Å².